The molecule has 1 aromatic rings. The van der Waals surface area contributed by atoms with E-state index >= 15 is 0 Å². The van der Waals surface area contributed by atoms with Crippen LogP contribution >= 0.6 is 15.9 Å². The maximum atomic E-state index is 6.19. The standard InChI is InChI=1S/C17H25BrO/c1-2-14-7-6-10-17(11-14)19-13-16(12-18)15-8-4-3-5-9-15/h3-5,8-9,14,16-17H,2,6-7,10-13H2,1H3. The van der Waals surface area contributed by atoms with Crippen LogP contribution in [0.25, 0.3) is 0 Å². The number of alkyl halides is 1. The van der Waals surface area contributed by atoms with E-state index in [4.69, 9.17) is 4.74 Å². The Balaban J connectivity index is 1.83. The van der Waals surface area contributed by atoms with E-state index in [2.05, 4.69) is 53.2 Å². The van der Waals surface area contributed by atoms with E-state index in [1.807, 2.05) is 0 Å². The van der Waals surface area contributed by atoms with Gasteiger partial charge in [0.15, 0.2) is 0 Å². The molecule has 0 N–H and O–H groups in total. The molecule has 2 heteroatoms. The Bertz CT molecular complexity index is 352. The van der Waals surface area contributed by atoms with Crippen LogP contribution in [0, 0.1) is 5.92 Å². The van der Waals surface area contributed by atoms with Crippen molar-refractivity contribution in [3.05, 3.63) is 35.9 Å². The quantitative estimate of drug-likeness (QED) is 0.657. The maximum Gasteiger partial charge on any atom is 0.0578 e. The third-order valence-corrected chi connectivity index (χ3v) is 5.08. The number of hydrogen-bond acceptors (Lipinski definition) is 1. The van der Waals surface area contributed by atoms with Crippen LogP contribution < -0.4 is 0 Å². The van der Waals surface area contributed by atoms with E-state index in [1.54, 1.807) is 0 Å². The van der Waals surface area contributed by atoms with Crippen LogP contribution in [0.1, 0.15) is 50.5 Å². The fourth-order valence-corrected chi connectivity index (χ4v) is 3.53. The highest BCUT2D eigenvalue weighted by Gasteiger charge is 2.22. The monoisotopic (exact) mass is 324 g/mol. The van der Waals surface area contributed by atoms with E-state index in [1.165, 1.54) is 37.7 Å². The summed E-state index contributed by atoms with van der Waals surface area (Å²) in [6, 6.07) is 10.7. The second-order valence-electron chi connectivity index (χ2n) is 5.66. The fraction of sp³-hybridized carbons (Fsp3) is 0.647. The number of benzene rings is 1. The topological polar surface area (TPSA) is 9.23 Å². The molecule has 2 rings (SSSR count). The van der Waals surface area contributed by atoms with Gasteiger partial charge in [0.1, 0.15) is 0 Å². The van der Waals surface area contributed by atoms with Gasteiger partial charge in [0, 0.05) is 11.2 Å². The average Bonchev–Trinajstić information content (AvgIpc) is 2.49. The van der Waals surface area contributed by atoms with E-state index < -0.39 is 0 Å². The molecule has 0 radical (unpaired) electrons. The zero-order valence-corrected chi connectivity index (χ0v) is 13.4. The van der Waals surface area contributed by atoms with Crippen molar-refractivity contribution in [1.29, 1.82) is 0 Å². The summed E-state index contributed by atoms with van der Waals surface area (Å²) in [5.41, 5.74) is 1.38. The molecule has 1 aliphatic rings. The highest BCUT2D eigenvalue weighted by molar-refractivity contribution is 9.09. The maximum absolute atomic E-state index is 6.19. The molecule has 0 heterocycles. The lowest BCUT2D eigenvalue weighted by Crippen LogP contribution is -2.25. The molecule has 0 aromatic heterocycles. The number of halogens is 1. The van der Waals surface area contributed by atoms with Crippen LogP contribution in [0.15, 0.2) is 30.3 Å². The number of hydrogen-bond donors (Lipinski definition) is 0. The summed E-state index contributed by atoms with van der Waals surface area (Å²) < 4.78 is 6.19. The van der Waals surface area contributed by atoms with Gasteiger partial charge in [0.05, 0.1) is 12.7 Å². The lowest BCUT2D eigenvalue weighted by Gasteiger charge is -2.29. The molecule has 1 saturated carbocycles. The molecule has 1 nitrogen and oxygen atoms in total. The van der Waals surface area contributed by atoms with E-state index in [-0.39, 0.29) is 0 Å². The molecule has 19 heavy (non-hydrogen) atoms. The van der Waals surface area contributed by atoms with Crippen molar-refractivity contribution in [1.82, 2.24) is 0 Å². The second kappa shape index (κ2) is 8.06. The first-order valence-electron chi connectivity index (χ1n) is 7.56. The van der Waals surface area contributed by atoms with Crippen molar-refractivity contribution in [3.8, 4) is 0 Å². The van der Waals surface area contributed by atoms with Crippen LogP contribution in [0.3, 0.4) is 0 Å². The van der Waals surface area contributed by atoms with Gasteiger partial charge >= 0.3 is 0 Å². The summed E-state index contributed by atoms with van der Waals surface area (Å²) in [6.07, 6.45) is 7.05. The Morgan fingerprint density at radius 3 is 2.74 bits per heavy atom. The Morgan fingerprint density at radius 1 is 1.26 bits per heavy atom. The third kappa shape index (κ3) is 4.61. The van der Waals surface area contributed by atoms with E-state index in [9.17, 15) is 0 Å². The highest BCUT2D eigenvalue weighted by Crippen LogP contribution is 2.29. The summed E-state index contributed by atoms with van der Waals surface area (Å²) in [6.45, 7) is 3.15. The predicted molar refractivity (Wildman–Crippen MR) is 85.0 cm³/mol. The van der Waals surface area contributed by atoms with Crippen LogP contribution in [-0.4, -0.2) is 18.0 Å². The molecular formula is C17H25BrO. The van der Waals surface area contributed by atoms with Crippen LogP contribution in [0.5, 0.6) is 0 Å². The van der Waals surface area contributed by atoms with E-state index in [0.717, 1.165) is 17.9 Å². The van der Waals surface area contributed by atoms with Crippen LogP contribution in [-0.2, 0) is 4.74 Å². The minimum atomic E-state index is 0.475. The predicted octanol–water partition coefficient (Wildman–Crippen LogP) is 5.15. The van der Waals surface area contributed by atoms with Gasteiger partial charge in [-0.1, -0.05) is 72.4 Å². The first-order chi connectivity index (χ1) is 9.33. The minimum absolute atomic E-state index is 0.475. The lowest BCUT2D eigenvalue weighted by molar-refractivity contribution is 0.00745. The van der Waals surface area contributed by atoms with Gasteiger partial charge in [-0.2, -0.15) is 0 Å². The molecule has 0 aliphatic heterocycles. The van der Waals surface area contributed by atoms with Gasteiger partial charge in [0.25, 0.3) is 0 Å². The first-order valence-corrected chi connectivity index (χ1v) is 8.68. The summed E-state index contributed by atoms with van der Waals surface area (Å²) >= 11 is 3.62. The molecule has 0 saturated heterocycles. The second-order valence-corrected chi connectivity index (χ2v) is 6.31. The van der Waals surface area contributed by atoms with Gasteiger partial charge in [-0.25, -0.2) is 0 Å². The zero-order valence-electron chi connectivity index (χ0n) is 11.9. The van der Waals surface area contributed by atoms with Crippen molar-refractivity contribution in [2.24, 2.45) is 5.92 Å². The molecular weight excluding hydrogens is 300 g/mol. The van der Waals surface area contributed by atoms with Gasteiger partial charge in [-0.3, -0.25) is 0 Å². The largest absolute Gasteiger partial charge is 0.378 e. The highest BCUT2D eigenvalue weighted by atomic mass is 79.9. The molecule has 1 aromatic carbocycles. The molecule has 3 unspecified atom stereocenters. The minimum Gasteiger partial charge on any atom is -0.378 e. The SMILES string of the molecule is CCC1CCCC(OCC(CBr)c2ccccc2)C1. The summed E-state index contributed by atoms with van der Waals surface area (Å²) in [7, 11) is 0. The van der Waals surface area contributed by atoms with Gasteiger partial charge in [-0.15, -0.1) is 0 Å². The van der Waals surface area contributed by atoms with Gasteiger partial charge in [-0.05, 0) is 24.3 Å². The molecule has 3 atom stereocenters. The Morgan fingerprint density at radius 2 is 2.05 bits per heavy atom. The van der Waals surface area contributed by atoms with Crippen LogP contribution in [0.4, 0.5) is 0 Å². The third-order valence-electron chi connectivity index (χ3n) is 4.30. The summed E-state index contributed by atoms with van der Waals surface area (Å²) in [5.74, 6) is 1.36. The van der Waals surface area contributed by atoms with Crippen molar-refractivity contribution in [2.45, 2.75) is 51.0 Å². The molecule has 0 spiro atoms. The average molecular weight is 325 g/mol. The Labute approximate surface area is 125 Å². The molecule has 1 fully saturated rings. The van der Waals surface area contributed by atoms with Gasteiger partial charge in [0.2, 0.25) is 0 Å². The smallest absolute Gasteiger partial charge is 0.0578 e. The lowest BCUT2D eigenvalue weighted by atomic mass is 9.85. The number of rotatable bonds is 6. The molecule has 1 aliphatic carbocycles. The van der Waals surface area contributed by atoms with Crippen molar-refractivity contribution in [2.75, 3.05) is 11.9 Å². The summed E-state index contributed by atoms with van der Waals surface area (Å²) in [4.78, 5) is 0. The Hall–Kier alpha value is -0.340. The summed E-state index contributed by atoms with van der Waals surface area (Å²) in [5, 5.41) is 0.973. The fourth-order valence-electron chi connectivity index (χ4n) is 2.97. The normalized spacial score (nSPS) is 25.2. The molecule has 106 valence electrons. The van der Waals surface area contributed by atoms with Crippen molar-refractivity contribution < 1.29 is 4.74 Å². The van der Waals surface area contributed by atoms with Crippen LogP contribution in [0.2, 0.25) is 0 Å². The first kappa shape index (κ1) is 15.1. The zero-order chi connectivity index (χ0) is 13.5. The Kier molecular flexibility index (Phi) is 6.39. The molecule has 0 amide bonds. The molecule has 0 bridgehead atoms. The van der Waals surface area contributed by atoms with Gasteiger partial charge < -0.3 is 4.74 Å². The van der Waals surface area contributed by atoms with E-state index in [0.29, 0.717) is 12.0 Å². The number of ether oxygens (including phenoxy) is 1. The van der Waals surface area contributed by atoms with Crippen molar-refractivity contribution in [3.63, 3.8) is 0 Å². The van der Waals surface area contributed by atoms with Crippen molar-refractivity contribution >= 4 is 15.9 Å².